The molecule has 1 rings (SSSR count). The summed E-state index contributed by atoms with van der Waals surface area (Å²) in [5.41, 5.74) is 0.927. The molecule has 0 aromatic heterocycles. The van der Waals surface area contributed by atoms with Gasteiger partial charge in [-0.25, -0.2) is 0 Å². The van der Waals surface area contributed by atoms with E-state index in [9.17, 15) is 0 Å². The lowest BCUT2D eigenvalue weighted by atomic mass is 10.2. The first-order valence-corrected chi connectivity index (χ1v) is 5.75. The fraction of sp³-hybridized carbons (Fsp3) is 0.455. The molecule has 0 aliphatic carbocycles. The number of ether oxygens (including phenoxy) is 2. The fourth-order valence-electron chi connectivity index (χ4n) is 1.28. The molecule has 0 fully saturated rings. The van der Waals surface area contributed by atoms with Gasteiger partial charge in [-0.15, -0.1) is 0 Å². The highest BCUT2D eigenvalue weighted by Crippen LogP contribution is 2.32. The van der Waals surface area contributed by atoms with Gasteiger partial charge in [0, 0.05) is 24.2 Å². The summed E-state index contributed by atoms with van der Waals surface area (Å²) in [6.07, 6.45) is 0. The first-order valence-electron chi connectivity index (χ1n) is 4.99. The molecule has 90 valence electrons. The second-order valence-corrected chi connectivity index (χ2v) is 4.05. The number of methoxy groups -OCH3 is 1. The van der Waals surface area contributed by atoms with E-state index in [4.69, 9.17) is 32.7 Å². The molecule has 0 atom stereocenters. The van der Waals surface area contributed by atoms with Gasteiger partial charge in [0.2, 0.25) is 0 Å². The van der Waals surface area contributed by atoms with Crippen molar-refractivity contribution < 1.29 is 9.47 Å². The third-order valence-corrected chi connectivity index (χ3v) is 2.47. The van der Waals surface area contributed by atoms with Crippen molar-refractivity contribution in [2.45, 2.75) is 13.5 Å². The highest BCUT2D eigenvalue weighted by atomic mass is 35.5. The third-order valence-electron chi connectivity index (χ3n) is 1.97. The van der Waals surface area contributed by atoms with Crippen LogP contribution in [0.2, 0.25) is 10.0 Å². The average molecular weight is 264 g/mol. The lowest BCUT2D eigenvalue weighted by molar-refractivity contribution is 0.0504. The predicted octanol–water partition coefficient (Wildman–Crippen LogP) is 3.09. The summed E-state index contributed by atoms with van der Waals surface area (Å²) in [5.74, 6) is 0.619. The molecule has 0 aliphatic rings. The Kier molecular flexibility index (Phi) is 5.91. The number of hydrogen-bond donors (Lipinski definition) is 1. The Bertz CT molecular complexity index is 345. The van der Waals surface area contributed by atoms with E-state index < -0.39 is 0 Å². The van der Waals surface area contributed by atoms with Crippen LogP contribution < -0.4 is 10.1 Å². The van der Waals surface area contributed by atoms with Crippen LogP contribution in [0.1, 0.15) is 12.5 Å². The van der Waals surface area contributed by atoms with Crippen molar-refractivity contribution in [3.05, 3.63) is 27.7 Å². The molecule has 0 saturated heterocycles. The SMILES string of the molecule is CCNCc1cc(Cl)cc(Cl)c1OCOC. The number of halogens is 2. The zero-order valence-corrected chi connectivity index (χ0v) is 10.9. The van der Waals surface area contributed by atoms with Crippen LogP contribution in [0, 0.1) is 0 Å². The van der Waals surface area contributed by atoms with E-state index in [0.29, 0.717) is 22.3 Å². The number of nitrogens with one attached hydrogen (secondary N) is 1. The fourth-order valence-corrected chi connectivity index (χ4v) is 1.87. The van der Waals surface area contributed by atoms with Gasteiger partial charge < -0.3 is 14.8 Å². The molecule has 1 aromatic rings. The van der Waals surface area contributed by atoms with Crippen LogP contribution in [-0.4, -0.2) is 20.4 Å². The normalized spacial score (nSPS) is 10.5. The van der Waals surface area contributed by atoms with Gasteiger partial charge in [-0.1, -0.05) is 30.1 Å². The maximum atomic E-state index is 6.06. The lowest BCUT2D eigenvalue weighted by Crippen LogP contribution is -2.13. The maximum absolute atomic E-state index is 6.06. The number of hydrogen-bond acceptors (Lipinski definition) is 3. The lowest BCUT2D eigenvalue weighted by Gasteiger charge is -2.13. The van der Waals surface area contributed by atoms with Crippen LogP contribution in [0.5, 0.6) is 5.75 Å². The van der Waals surface area contributed by atoms with Gasteiger partial charge in [0.05, 0.1) is 5.02 Å². The smallest absolute Gasteiger partial charge is 0.188 e. The molecular weight excluding hydrogens is 249 g/mol. The minimum absolute atomic E-state index is 0.167. The quantitative estimate of drug-likeness (QED) is 0.801. The summed E-state index contributed by atoms with van der Waals surface area (Å²) in [4.78, 5) is 0. The van der Waals surface area contributed by atoms with E-state index in [-0.39, 0.29) is 6.79 Å². The average Bonchev–Trinajstić information content (AvgIpc) is 2.24. The molecule has 1 N–H and O–H groups in total. The van der Waals surface area contributed by atoms with Gasteiger partial charge in [-0.05, 0) is 18.7 Å². The highest BCUT2D eigenvalue weighted by molar-refractivity contribution is 6.35. The van der Waals surface area contributed by atoms with Crippen molar-refractivity contribution in [2.24, 2.45) is 0 Å². The molecule has 0 bridgehead atoms. The Hall–Kier alpha value is -0.480. The Balaban J connectivity index is 2.91. The largest absolute Gasteiger partial charge is 0.466 e. The number of benzene rings is 1. The van der Waals surface area contributed by atoms with Crippen molar-refractivity contribution in [3.8, 4) is 5.75 Å². The topological polar surface area (TPSA) is 30.5 Å². The van der Waals surface area contributed by atoms with Crippen LogP contribution in [0.15, 0.2) is 12.1 Å². The highest BCUT2D eigenvalue weighted by Gasteiger charge is 2.10. The van der Waals surface area contributed by atoms with Crippen LogP contribution in [0.4, 0.5) is 0 Å². The Labute approximate surface area is 106 Å². The summed E-state index contributed by atoms with van der Waals surface area (Å²) in [5, 5.41) is 4.30. The summed E-state index contributed by atoms with van der Waals surface area (Å²) < 4.78 is 10.3. The van der Waals surface area contributed by atoms with Gasteiger partial charge >= 0.3 is 0 Å². The summed E-state index contributed by atoms with van der Waals surface area (Å²) in [7, 11) is 1.56. The molecule has 1 aromatic carbocycles. The van der Waals surface area contributed by atoms with Gasteiger partial charge in [-0.3, -0.25) is 0 Å². The third kappa shape index (κ3) is 3.83. The molecule has 5 heteroatoms. The molecule has 0 saturated carbocycles. The molecule has 0 heterocycles. The Morgan fingerprint density at radius 3 is 2.69 bits per heavy atom. The van der Waals surface area contributed by atoms with Crippen LogP contribution in [0.3, 0.4) is 0 Å². The molecule has 0 unspecified atom stereocenters. The standard InChI is InChI=1S/C11H15Cl2NO2/c1-3-14-6-8-4-9(12)5-10(13)11(8)16-7-15-2/h4-5,14H,3,6-7H2,1-2H3. The summed E-state index contributed by atoms with van der Waals surface area (Å²) >= 11 is 12.0. The Morgan fingerprint density at radius 1 is 1.31 bits per heavy atom. The monoisotopic (exact) mass is 263 g/mol. The molecule has 3 nitrogen and oxygen atoms in total. The second-order valence-electron chi connectivity index (χ2n) is 3.21. The second kappa shape index (κ2) is 6.97. The van der Waals surface area contributed by atoms with E-state index in [1.54, 1.807) is 13.2 Å². The molecular formula is C11H15Cl2NO2. The molecule has 0 spiro atoms. The molecule has 0 radical (unpaired) electrons. The first-order chi connectivity index (χ1) is 7.69. The predicted molar refractivity (Wildman–Crippen MR) is 66.3 cm³/mol. The van der Waals surface area contributed by atoms with E-state index in [0.717, 1.165) is 12.1 Å². The van der Waals surface area contributed by atoms with Gasteiger partial charge in [0.15, 0.2) is 6.79 Å². The minimum Gasteiger partial charge on any atom is -0.466 e. The van der Waals surface area contributed by atoms with Crippen LogP contribution in [0.25, 0.3) is 0 Å². The van der Waals surface area contributed by atoms with Crippen molar-refractivity contribution in [1.82, 2.24) is 5.32 Å². The van der Waals surface area contributed by atoms with Crippen molar-refractivity contribution in [1.29, 1.82) is 0 Å². The van der Waals surface area contributed by atoms with E-state index in [2.05, 4.69) is 5.32 Å². The maximum Gasteiger partial charge on any atom is 0.188 e. The van der Waals surface area contributed by atoms with Gasteiger partial charge in [0.25, 0.3) is 0 Å². The summed E-state index contributed by atoms with van der Waals surface area (Å²) in [6.45, 7) is 3.73. The van der Waals surface area contributed by atoms with Crippen LogP contribution >= 0.6 is 23.2 Å². The molecule has 0 aliphatic heterocycles. The van der Waals surface area contributed by atoms with Crippen molar-refractivity contribution >= 4 is 23.2 Å². The van der Waals surface area contributed by atoms with Crippen LogP contribution in [-0.2, 0) is 11.3 Å². The summed E-state index contributed by atoms with van der Waals surface area (Å²) in [6, 6.07) is 3.49. The molecule has 16 heavy (non-hydrogen) atoms. The minimum atomic E-state index is 0.167. The van der Waals surface area contributed by atoms with Gasteiger partial charge in [-0.2, -0.15) is 0 Å². The van der Waals surface area contributed by atoms with Crippen molar-refractivity contribution in [3.63, 3.8) is 0 Å². The zero-order valence-electron chi connectivity index (χ0n) is 9.35. The Morgan fingerprint density at radius 2 is 2.06 bits per heavy atom. The van der Waals surface area contributed by atoms with E-state index >= 15 is 0 Å². The van der Waals surface area contributed by atoms with E-state index in [1.807, 2.05) is 13.0 Å². The first kappa shape index (κ1) is 13.6. The zero-order chi connectivity index (χ0) is 12.0. The van der Waals surface area contributed by atoms with Gasteiger partial charge in [0.1, 0.15) is 5.75 Å². The van der Waals surface area contributed by atoms with Crippen molar-refractivity contribution in [2.75, 3.05) is 20.4 Å². The number of rotatable bonds is 6. The molecule has 0 amide bonds. The van der Waals surface area contributed by atoms with E-state index in [1.165, 1.54) is 0 Å².